The normalized spacial score (nSPS) is 12.9. The molecule has 0 atom stereocenters. The topological polar surface area (TPSA) is 12.0 Å². The van der Waals surface area contributed by atoms with E-state index in [0.717, 1.165) is 6.54 Å². The zero-order valence-corrected chi connectivity index (χ0v) is 11.5. The van der Waals surface area contributed by atoms with Gasteiger partial charge in [-0.1, -0.05) is 70.1 Å². The van der Waals surface area contributed by atoms with E-state index in [1.54, 1.807) is 0 Å². The second-order valence-corrected chi connectivity index (χ2v) is 4.50. The Morgan fingerprint density at radius 1 is 0.941 bits per heavy atom. The summed E-state index contributed by atoms with van der Waals surface area (Å²) in [5, 5.41) is 3.24. The third-order valence-electron chi connectivity index (χ3n) is 2.16. The Balaban J connectivity index is 3.52. The van der Waals surface area contributed by atoms with Crippen molar-refractivity contribution < 1.29 is 0 Å². The molecular weight excluding hydrogens is 206 g/mol. The minimum absolute atomic E-state index is 0.691. The summed E-state index contributed by atoms with van der Waals surface area (Å²) < 4.78 is 0. The molecule has 96 valence electrons. The third kappa shape index (κ3) is 14.8. The summed E-state index contributed by atoms with van der Waals surface area (Å²) in [6.07, 6.45) is 20.3. The van der Waals surface area contributed by atoms with Crippen LogP contribution in [0.5, 0.6) is 0 Å². The van der Waals surface area contributed by atoms with Crippen LogP contribution in [0.15, 0.2) is 48.7 Å². The highest BCUT2D eigenvalue weighted by molar-refractivity contribution is 5.15. The Morgan fingerprint density at radius 2 is 1.59 bits per heavy atom. The van der Waals surface area contributed by atoms with Gasteiger partial charge in [-0.15, -0.1) is 0 Å². The Kier molecular flexibility index (Phi) is 11.9. The maximum atomic E-state index is 3.24. The van der Waals surface area contributed by atoms with E-state index < -0.39 is 0 Å². The molecule has 0 heterocycles. The smallest absolute Gasteiger partial charge is 0.0164 e. The molecule has 0 unspecified atom stereocenters. The van der Waals surface area contributed by atoms with Gasteiger partial charge in [0, 0.05) is 6.54 Å². The van der Waals surface area contributed by atoms with Crippen LogP contribution in [-0.4, -0.2) is 6.54 Å². The van der Waals surface area contributed by atoms with Gasteiger partial charge >= 0.3 is 0 Å². The maximum absolute atomic E-state index is 3.24. The lowest BCUT2D eigenvalue weighted by molar-refractivity contribution is 0.611. The van der Waals surface area contributed by atoms with Gasteiger partial charge in [-0.25, -0.2) is 0 Å². The van der Waals surface area contributed by atoms with Crippen LogP contribution in [0.25, 0.3) is 0 Å². The van der Waals surface area contributed by atoms with Crippen molar-refractivity contribution >= 4 is 0 Å². The SMILES string of the molecule is CCCCC=CC=CC=CC=CNCC(C)C. The van der Waals surface area contributed by atoms with Crippen molar-refractivity contribution in [2.24, 2.45) is 5.92 Å². The molecule has 0 bridgehead atoms. The lowest BCUT2D eigenvalue weighted by Gasteiger charge is -2.01. The fourth-order valence-corrected chi connectivity index (χ4v) is 1.18. The monoisotopic (exact) mass is 233 g/mol. The van der Waals surface area contributed by atoms with E-state index in [2.05, 4.69) is 50.4 Å². The predicted molar refractivity (Wildman–Crippen MR) is 78.9 cm³/mol. The highest BCUT2D eigenvalue weighted by Crippen LogP contribution is 1.94. The van der Waals surface area contributed by atoms with E-state index >= 15 is 0 Å². The Morgan fingerprint density at radius 3 is 2.24 bits per heavy atom. The number of rotatable bonds is 9. The van der Waals surface area contributed by atoms with Gasteiger partial charge in [0.1, 0.15) is 0 Å². The zero-order valence-electron chi connectivity index (χ0n) is 11.5. The standard InChI is InChI=1S/C16H27N/c1-4-5-6-7-8-9-10-11-12-13-14-17-15-16(2)3/h7-14,16-17H,4-6,15H2,1-3H3. The maximum Gasteiger partial charge on any atom is 0.0164 e. The van der Waals surface area contributed by atoms with Crippen LogP contribution in [0.4, 0.5) is 0 Å². The molecule has 1 heteroatoms. The lowest BCUT2D eigenvalue weighted by Crippen LogP contribution is -2.12. The van der Waals surface area contributed by atoms with Crippen LogP contribution in [0.3, 0.4) is 0 Å². The minimum atomic E-state index is 0.691. The molecule has 17 heavy (non-hydrogen) atoms. The molecule has 0 aromatic heterocycles. The molecule has 0 radical (unpaired) electrons. The van der Waals surface area contributed by atoms with E-state index in [1.165, 1.54) is 19.3 Å². The van der Waals surface area contributed by atoms with Crippen molar-refractivity contribution in [3.05, 3.63) is 48.7 Å². The van der Waals surface area contributed by atoms with Crippen molar-refractivity contribution in [3.63, 3.8) is 0 Å². The van der Waals surface area contributed by atoms with Gasteiger partial charge in [0.2, 0.25) is 0 Å². The zero-order chi connectivity index (χ0) is 12.8. The largest absolute Gasteiger partial charge is 0.391 e. The molecule has 0 aliphatic carbocycles. The Hall–Kier alpha value is -1.24. The summed E-state index contributed by atoms with van der Waals surface area (Å²) in [6, 6.07) is 0. The first-order chi connectivity index (χ1) is 8.27. The van der Waals surface area contributed by atoms with Crippen molar-refractivity contribution in [2.45, 2.75) is 40.0 Å². The highest BCUT2D eigenvalue weighted by Gasteiger charge is 1.86. The fraction of sp³-hybridized carbons (Fsp3) is 0.500. The average molecular weight is 233 g/mol. The molecule has 0 rings (SSSR count). The number of unbranched alkanes of at least 4 members (excludes halogenated alkanes) is 2. The Bertz CT molecular complexity index is 257. The summed E-state index contributed by atoms with van der Waals surface area (Å²) in [5.41, 5.74) is 0. The van der Waals surface area contributed by atoms with E-state index in [1.807, 2.05) is 24.4 Å². The first-order valence-corrected chi connectivity index (χ1v) is 6.65. The van der Waals surface area contributed by atoms with E-state index in [4.69, 9.17) is 0 Å². The molecule has 0 saturated carbocycles. The molecule has 0 aliphatic heterocycles. The lowest BCUT2D eigenvalue weighted by atomic mass is 10.2. The summed E-state index contributed by atoms with van der Waals surface area (Å²) in [6.45, 7) is 7.64. The molecule has 1 nitrogen and oxygen atoms in total. The van der Waals surface area contributed by atoms with Crippen LogP contribution in [0.2, 0.25) is 0 Å². The van der Waals surface area contributed by atoms with Gasteiger partial charge in [0.25, 0.3) is 0 Å². The summed E-state index contributed by atoms with van der Waals surface area (Å²) in [7, 11) is 0. The molecule has 0 aromatic rings. The highest BCUT2D eigenvalue weighted by atomic mass is 14.8. The van der Waals surface area contributed by atoms with Gasteiger partial charge in [0.05, 0.1) is 0 Å². The first kappa shape index (κ1) is 15.8. The van der Waals surface area contributed by atoms with E-state index in [0.29, 0.717) is 5.92 Å². The summed E-state index contributed by atoms with van der Waals surface area (Å²) in [4.78, 5) is 0. The predicted octanol–water partition coefficient (Wildman–Crippen LogP) is 4.60. The summed E-state index contributed by atoms with van der Waals surface area (Å²) >= 11 is 0. The minimum Gasteiger partial charge on any atom is -0.391 e. The number of allylic oxidation sites excluding steroid dienone is 7. The number of nitrogens with one attached hydrogen (secondary N) is 1. The van der Waals surface area contributed by atoms with Crippen molar-refractivity contribution in [1.29, 1.82) is 0 Å². The van der Waals surface area contributed by atoms with Gasteiger partial charge in [0.15, 0.2) is 0 Å². The van der Waals surface area contributed by atoms with Crippen molar-refractivity contribution in [2.75, 3.05) is 6.54 Å². The third-order valence-corrected chi connectivity index (χ3v) is 2.16. The molecule has 0 spiro atoms. The van der Waals surface area contributed by atoms with E-state index in [-0.39, 0.29) is 0 Å². The molecule has 0 aromatic carbocycles. The Labute approximate surface area is 107 Å². The average Bonchev–Trinajstić information content (AvgIpc) is 2.30. The van der Waals surface area contributed by atoms with Gasteiger partial charge in [-0.3, -0.25) is 0 Å². The molecule has 0 fully saturated rings. The van der Waals surface area contributed by atoms with Crippen LogP contribution in [-0.2, 0) is 0 Å². The van der Waals surface area contributed by atoms with Crippen molar-refractivity contribution in [3.8, 4) is 0 Å². The molecule has 0 saturated heterocycles. The molecule has 1 N–H and O–H groups in total. The van der Waals surface area contributed by atoms with Gasteiger partial charge in [-0.2, -0.15) is 0 Å². The second kappa shape index (κ2) is 12.8. The quantitative estimate of drug-likeness (QED) is 0.453. The molecular formula is C16H27N. The van der Waals surface area contributed by atoms with Crippen LogP contribution >= 0.6 is 0 Å². The van der Waals surface area contributed by atoms with Gasteiger partial charge < -0.3 is 5.32 Å². The number of hydrogen-bond donors (Lipinski definition) is 1. The fourth-order valence-electron chi connectivity index (χ4n) is 1.18. The first-order valence-electron chi connectivity index (χ1n) is 6.65. The van der Waals surface area contributed by atoms with E-state index in [9.17, 15) is 0 Å². The van der Waals surface area contributed by atoms with Crippen LogP contribution in [0, 0.1) is 5.92 Å². The van der Waals surface area contributed by atoms with Gasteiger partial charge in [-0.05, 0) is 24.6 Å². The van der Waals surface area contributed by atoms with Crippen LogP contribution < -0.4 is 5.32 Å². The summed E-state index contributed by atoms with van der Waals surface area (Å²) in [5.74, 6) is 0.691. The molecule has 0 aliphatic rings. The molecule has 0 amide bonds. The second-order valence-electron chi connectivity index (χ2n) is 4.50. The number of hydrogen-bond acceptors (Lipinski definition) is 1. The van der Waals surface area contributed by atoms with Crippen molar-refractivity contribution in [1.82, 2.24) is 5.32 Å². The van der Waals surface area contributed by atoms with Crippen LogP contribution in [0.1, 0.15) is 40.0 Å².